The van der Waals surface area contributed by atoms with Gasteiger partial charge in [-0.15, -0.1) is 0 Å². The normalized spacial score (nSPS) is 10.2. The van der Waals surface area contributed by atoms with Gasteiger partial charge >= 0.3 is 0 Å². The second-order valence-electron chi connectivity index (χ2n) is 4.97. The van der Waals surface area contributed by atoms with Crippen LogP contribution in [0.1, 0.15) is 19.8 Å². The average molecular weight is 334 g/mol. The number of para-hydroxylation sites is 3. The lowest BCUT2D eigenvalue weighted by atomic mass is 10.3. The van der Waals surface area contributed by atoms with Gasteiger partial charge in [0.1, 0.15) is 11.5 Å². The molecule has 0 aromatic heterocycles. The monoisotopic (exact) mass is 333 g/mol. The van der Waals surface area contributed by atoms with E-state index in [2.05, 4.69) is 12.2 Å². The van der Waals surface area contributed by atoms with Crippen molar-refractivity contribution in [3.8, 4) is 11.5 Å². The fourth-order valence-corrected chi connectivity index (χ4v) is 2.10. The molecule has 1 amide bonds. The summed E-state index contributed by atoms with van der Waals surface area (Å²) in [5.74, 6) is 0.875. The summed E-state index contributed by atoms with van der Waals surface area (Å²) in [6.07, 6.45) is 2.03. The minimum Gasteiger partial charge on any atom is -0.491 e. The standard InChI is InChI=1S/C18H20ClNO3/c1-2-3-12-22-17-11-7-5-9-15(17)20-18(21)13-23-16-10-6-4-8-14(16)19/h4-11H,2-3,12-13H2,1H3,(H,20,21). The lowest BCUT2D eigenvalue weighted by Gasteiger charge is -2.13. The van der Waals surface area contributed by atoms with Crippen molar-refractivity contribution in [1.29, 1.82) is 0 Å². The van der Waals surface area contributed by atoms with Gasteiger partial charge in [-0.05, 0) is 30.7 Å². The van der Waals surface area contributed by atoms with Crippen molar-refractivity contribution in [3.05, 3.63) is 53.6 Å². The molecule has 4 nitrogen and oxygen atoms in total. The molecule has 0 aliphatic rings. The number of halogens is 1. The summed E-state index contributed by atoms with van der Waals surface area (Å²) < 4.78 is 11.1. The van der Waals surface area contributed by atoms with Crippen LogP contribution in [0.5, 0.6) is 11.5 Å². The Morgan fingerprint density at radius 3 is 2.48 bits per heavy atom. The largest absolute Gasteiger partial charge is 0.491 e. The van der Waals surface area contributed by atoms with Gasteiger partial charge in [0.05, 0.1) is 17.3 Å². The van der Waals surface area contributed by atoms with E-state index in [1.807, 2.05) is 18.2 Å². The molecular formula is C18H20ClNO3. The van der Waals surface area contributed by atoms with Crippen LogP contribution in [-0.4, -0.2) is 19.1 Å². The van der Waals surface area contributed by atoms with Crippen molar-refractivity contribution in [2.75, 3.05) is 18.5 Å². The Labute approximate surface area is 141 Å². The predicted octanol–water partition coefficient (Wildman–Crippen LogP) is 4.54. The number of amides is 1. The maximum atomic E-state index is 12.0. The first-order chi connectivity index (χ1) is 11.2. The van der Waals surface area contributed by atoms with Gasteiger partial charge in [0.2, 0.25) is 0 Å². The van der Waals surface area contributed by atoms with Crippen LogP contribution in [0.4, 0.5) is 5.69 Å². The topological polar surface area (TPSA) is 47.6 Å². The number of ether oxygens (including phenoxy) is 2. The zero-order chi connectivity index (χ0) is 16.5. The average Bonchev–Trinajstić information content (AvgIpc) is 2.56. The fourth-order valence-electron chi connectivity index (χ4n) is 1.91. The molecular weight excluding hydrogens is 314 g/mol. The van der Waals surface area contributed by atoms with Crippen LogP contribution < -0.4 is 14.8 Å². The highest BCUT2D eigenvalue weighted by Crippen LogP contribution is 2.25. The van der Waals surface area contributed by atoms with E-state index in [-0.39, 0.29) is 12.5 Å². The molecule has 2 rings (SSSR count). The van der Waals surface area contributed by atoms with E-state index in [1.165, 1.54) is 0 Å². The highest BCUT2D eigenvalue weighted by molar-refractivity contribution is 6.32. The Bertz CT molecular complexity index is 646. The highest BCUT2D eigenvalue weighted by Gasteiger charge is 2.09. The molecule has 1 N–H and O–H groups in total. The van der Waals surface area contributed by atoms with E-state index < -0.39 is 0 Å². The van der Waals surface area contributed by atoms with Gasteiger partial charge in [-0.1, -0.05) is 49.2 Å². The molecule has 0 aliphatic heterocycles. The van der Waals surface area contributed by atoms with E-state index in [0.29, 0.717) is 28.8 Å². The molecule has 0 radical (unpaired) electrons. The SMILES string of the molecule is CCCCOc1ccccc1NC(=O)COc1ccccc1Cl. The number of carbonyl (C=O) groups is 1. The molecule has 0 fully saturated rings. The molecule has 23 heavy (non-hydrogen) atoms. The van der Waals surface area contributed by atoms with E-state index in [1.54, 1.807) is 30.3 Å². The summed E-state index contributed by atoms with van der Waals surface area (Å²) in [6.45, 7) is 2.61. The van der Waals surface area contributed by atoms with Crippen LogP contribution in [-0.2, 0) is 4.79 Å². The summed E-state index contributed by atoms with van der Waals surface area (Å²) in [4.78, 5) is 12.0. The molecule has 122 valence electrons. The van der Waals surface area contributed by atoms with Crippen LogP contribution in [0.15, 0.2) is 48.5 Å². The van der Waals surface area contributed by atoms with Crippen molar-refractivity contribution in [2.45, 2.75) is 19.8 Å². The maximum absolute atomic E-state index is 12.0. The Morgan fingerprint density at radius 1 is 1.04 bits per heavy atom. The minimum absolute atomic E-state index is 0.118. The number of benzene rings is 2. The highest BCUT2D eigenvalue weighted by atomic mass is 35.5. The van der Waals surface area contributed by atoms with Gasteiger partial charge in [-0.2, -0.15) is 0 Å². The molecule has 0 heterocycles. The Kier molecular flexibility index (Phi) is 6.76. The summed E-state index contributed by atoms with van der Waals surface area (Å²) in [7, 11) is 0. The summed E-state index contributed by atoms with van der Waals surface area (Å²) in [5, 5.41) is 3.27. The van der Waals surface area contributed by atoms with Crippen molar-refractivity contribution in [2.24, 2.45) is 0 Å². The predicted molar refractivity (Wildman–Crippen MR) is 92.4 cm³/mol. The van der Waals surface area contributed by atoms with Gasteiger partial charge in [0.15, 0.2) is 6.61 Å². The second kappa shape index (κ2) is 9.06. The molecule has 0 spiro atoms. The van der Waals surface area contributed by atoms with Crippen LogP contribution in [0.25, 0.3) is 0 Å². The van der Waals surface area contributed by atoms with E-state index in [4.69, 9.17) is 21.1 Å². The maximum Gasteiger partial charge on any atom is 0.262 e. The minimum atomic E-state index is -0.267. The number of nitrogens with one attached hydrogen (secondary N) is 1. The lowest BCUT2D eigenvalue weighted by molar-refractivity contribution is -0.118. The summed E-state index contributed by atoms with van der Waals surface area (Å²) in [5.41, 5.74) is 0.636. The quantitative estimate of drug-likeness (QED) is 0.722. The molecule has 0 bridgehead atoms. The van der Waals surface area contributed by atoms with Crippen molar-refractivity contribution in [3.63, 3.8) is 0 Å². The van der Waals surface area contributed by atoms with Gasteiger partial charge < -0.3 is 14.8 Å². The van der Waals surface area contributed by atoms with Crippen LogP contribution >= 0.6 is 11.6 Å². The zero-order valence-corrected chi connectivity index (χ0v) is 13.8. The third kappa shape index (κ3) is 5.49. The molecule has 0 atom stereocenters. The van der Waals surface area contributed by atoms with Gasteiger partial charge in [0, 0.05) is 0 Å². The molecule has 2 aromatic rings. The Balaban J connectivity index is 1.91. The molecule has 0 saturated carbocycles. The van der Waals surface area contributed by atoms with Crippen molar-refractivity contribution < 1.29 is 14.3 Å². The summed E-state index contributed by atoms with van der Waals surface area (Å²) >= 11 is 5.99. The number of unbranched alkanes of at least 4 members (excludes halogenated alkanes) is 1. The Hall–Kier alpha value is -2.20. The molecule has 0 unspecified atom stereocenters. The molecule has 2 aromatic carbocycles. The third-order valence-electron chi connectivity index (χ3n) is 3.11. The van der Waals surface area contributed by atoms with Gasteiger partial charge in [-0.25, -0.2) is 0 Å². The van der Waals surface area contributed by atoms with Crippen LogP contribution in [0, 0.1) is 0 Å². The number of hydrogen-bond acceptors (Lipinski definition) is 3. The second-order valence-corrected chi connectivity index (χ2v) is 5.37. The summed E-state index contributed by atoms with van der Waals surface area (Å²) in [6, 6.07) is 14.4. The van der Waals surface area contributed by atoms with E-state index in [0.717, 1.165) is 12.8 Å². The number of hydrogen-bond donors (Lipinski definition) is 1. The number of rotatable bonds is 8. The molecule has 5 heteroatoms. The number of anilines is 1. The first kappa shape index (κ1) is 17.2. The third-order valence-corrected chi connectivity index (χ3v) is 3.42. The first-order valence-corrected chi connectivity index (χ1v) is 7.97. The smallest absolute Gasteiger partial charge is 0.262 e. The van der Waals surface area contributed by atoms with E-state index in [9.17, 15) is 4.79 Å². The zero-order valence-electron chi connectivity index (χ0n) is 13.0. The first-order valence-electron chi connectivity index (χ1n) is 7.59. The van der Waals surface area contributed by atoms with E-state index >= 15 is 0 Å². The number of carbonyl (C=O) groups excluding carboxylic acids is 1. The van der Waals surface area contributed by atoms with Crippen molar-refractivity contribution in [1.82, 2.24) is 0 Å². The fraction of sp³-hybridized carbons (Fsp3) is 0.278. The van der Waals surface area contributed by atoms with Gasteiger partial charge in [0.25, 0.3) is 5.91 Å². The van der Waals surface area contributed by atoms with Crippen LogP contribution in [0.3, 0.4) is 0 Å². The lowest BCUT2D eigenvalue weighted by Crippen LogP contribution is -2.20. The Morgan fingerprint density at radius 2 is 1.74 bits per heavy atom. The molecule has 0 saturated heterocycles. The van der Waals surface area contributed by atoms with Gasteiger partial charge in [-0.3, -0.25) is 4.79 Å². The van der Waals surface area contributed by atoms with Crippen molar-refractivity contribution >= 4 is 23.2 Å². The molecule has 0 aliphatic carbocycles. The van der Waals surface area contributed by atoms with Crippen LogP contribution in [0.2, 0.25) is 5.02 Å².